The number of nitrogens with one attached hydrogen (secondary N) is 1. The number of fused-ring (bicyclic) bond motifs is 1. The van der Waals surface area contributed by atoms with E-state index in [9.17, 15) is 9.59 Å². The second-order valence-electron chi connectivity index (χ2n) is 5.90. The fourth-order valence-electron chi connectivity index (χ4n) is 2.82. The van der Waals surface area contributed by atoms with E-state index in [2.05, 4.69) is 17.2 Å². The smallest absolute Gasteiger partial charge is 0.261 e. The van der Waals surface area contributed by atoms with Crippen LogP contribution in [0.3, 0.4) is 0 Å². The molecule has 6 heteroatoms. The van der Waals surface area contributed by atoms with Crippen LogP contribution in [0.2, 0.25) is 0 Å². The first-order valence-corrected chi connectivity index (χ1v) is 7.53. The van der Waals surface area contributed by atoms with Crippen LogP contribution < -0.4 is 10.9 Å². The van der Waals surface area contributed by atoms with Crippen LogP contribution in [0.1, 0.15) is 13.8 Å². The Balaban J connectivity index is 1.85. The molecule has 1 N–H and O–H groups in total. The van der Waals surface area contributed by atoms with Gasteiger partial charge in [-0.2, -0.15) is 0 Å². The lowest BCUT2D eigenvalue weighted by molar-refractivity contribution is -0.135. The van der Waals surface area contributed by atoms with Gasteiger partial charge < -0.3 is 10.2 Å². The number of benzene rings is 1. The zero-order valence-corrected chi connectivity index (χ0v) is 12.8. The summed E-state index contributed by atoms with van der Waals surface area (Å²) < 4.78 is 1.39. The highest BCUT2D eigenvalue weighted by Gasteiger charge is 2.26. The van der Waals surface area contributed by atoms with Crippen molar-refractivity contribution in [3.05, 3.63) is 40.9 Å². The molecule has 1 aromatic heterocycles. The van der Waals surface area contributed by atoms with E-state index in [0.29, 0.717) is 17.4 Å². The zero-order chi connectivity index (χ0) is 15.7. The Bertz CT molecular complexity index is 755. The number of nitrogens with zero attached hydrogens (tertiary/aromatic N) is 3. The van der Waals surface area contributed by atoms with E-state index in [4.69, 9.17) is 0 Å². The lowest BCUT2D eigenvalue weighted by atomic mass is 10.1. The van der Waals surface area contributed by atoms with Gasteiger partial charge in [0.15, 0.2) is 0 Å². The van der Waals surface area contributed by atoms with Crippen molar-refractivity contribution in [3.63, 3.8) is 0 Å². The number of para-hydroxylation sites is 1. The van der Waals surface area contributed by atoms with Gasteiger partial charge >= 0.3 is 0 Å². The number of hydrogen-bond donors (Lipinski definition) is 1. The molecule has 1 aromatic carbocycles. The molecule has 0 spiro atoms. The first-order chi connectivity index (χ1) is 10.6. The third-order valence-electron chi connectivity index (χ3n) is 4.12. The number of aromatic nitrogens is 2. The van der Waals surface area contributed by atoms with Gasteiger partial charge in [-0.05, 0) is 26.0 Å². The van der Waals surface area contributed by atoms with E-state index in [1.54, 1.807) is 18.2 Å². The minimum atomic E-state index is -0.171. The maximum Gasteiger partial charge on any atom is 0.261 e. The van der Waals surface area contributed by atoms with Crippen molar-refractivity contribution >= 4 is 16.8 Å². The molecule has 6 nitrogen and oxygen atoms in total. The summed E-state index contributed by atoms with van der Waals surface area (Å²) in [5, 5.41) is 3.88. The molecule has 2 aromatic rings. The summed E-state index contributed by atoms with van der Waals surface area (Å²) in [5.41, 5.74) is 0.482. The molecule has 0 radical (unpaired) electrons. The average molecular weight is 300 g/mol. The zero-order valence-electron chi connectivity index (χ0n) is 12.8. The Kier molecular flexibility index (Phi) is 3.94. The fourth-order valence-corrected chi connectivity index (χ4v) is 2.82. The van der Waals surface area contributed by atoms with Gasteiger partial charge in [-0.3, -0.25) is 14.2 Å². The highest BCUT2D eigenvalue weighted by molar-refractivity contribution is 5.79. The van der Waals surface area contributed by atoms with E-state index in [1.165, 1.54) is 10.9 Å². The van der Waals surface area contributed by atoms with Crippen LogP contribution in [0.4, 0.5) is 0 Å². The number of rotatable bonds is 2. The van der Waals surface area contributed by atoms with Crippen LogP contribution in [0.15, 0.2) is 35.4 Å². The van der Waals surface area contributed by atoms with E-state index >= 15 is 0 Å². The molecule has 2 atom stereocenters. The van der Waals surface area contributed by atoms with E-state index in [-0.39, 0.29) is 30.1 Å². The summed E-state index contributed by atoms with van der Waals surface area (Å²) in [6, 6.07) is 7.58. The number of carbonyl (C=O) groups is 1. The second-order valence-corrected chi connectivity index (χ2v) is 5.90. The predicted octanol–water partition coefficient (Wildman–Crippen LogP) is 0.605. The van der Waals surface area contributed by atoms with Crippen molar-refractivity contribution < 1.29 is 4.79 Å². The summed E-state index contributed by atoms with van der Waals surface area (Å²) >= 11 is 0. The van der Waals surface area contributed by atoms with Crippen LogP contribution in [-0.2, 0) is 11.3 Å². The molecule has 22 heavy (non-hydrogen) atoms. The molecular weight excluding hydrogens is 280 g/mol. The Labute approximate surface area is 128 Å². The molecule has 1 fully saturated rings. The quantitative estimate of drug-likeness (QED) is 0.882. The molecule has 3 rings (SSSR count). The monoisotopic (exact) mass is 300 g/mol. The van der Waals surface area contributed by atoms with Crippen LogP contribution in [0, 0.1) is 0 Å². The Hall–Kier alpha value is -2.21. The first-order valence-electron chi connectivity index (χ1n) is 7.53. The van der Waals surface area contributed by atoms with Gasteiger partial charge in [0.05, 0.1) is 17.2 Å². The molecule has 1 amide bonds. The molecule has 1 saturated heterocycles. The van der Waals surface area contributed by atoms with Gasteiger partial charge in [0.1, 0.15) is 6.54 Å². The standard InChI is InChI=1S/C16H20N4O2/c1-11-8-20(12(2)7-17-11)15(21)9-19-10-18-14-6-4-3-5-13(14)16(19)22/h3-6,10-12,17H,7-9H2,1-2H3. The maximum atomic E-state index is 12.5. The van der Waals surface area contributed by atoms with Crippen molar-refractivity contribution in [1.29, 1.82) is 0 Å². The Morgan fingerprint density at radius 2 is 2.14 bits per heavy atom. The largest absolute Gasteiger partial charge is 0.336 e. The summed E-state index contributed by atoms with van der Waals surface area (Å²) in [6.45, 7) is 5.54. The Morgan fingerprint density at radius 1 is 1.36 bits per heavy atom. The van der Waals surface area contributed by atoms with Gasteiger partial charge in [-0.1, -0.05) is 12.1 Å². The number of hydrogen-bond acceptors (Lipinski definition) is 4. The summed E-state index contributed by atoms with van der Waals surface area (Å²) in [4.78, 5) is 31.0. The minimum absolute atomic E-state index is 0.0354. The minimum Gasteiger partial charge on any atom is -0.336 e. The van der Waals surface area contributed by atoms with Crippen LogP contribution in [0.5, 0.6) is 0 Å². The predicted molar refractivity (Wildman–Crippen MR) is 84.6 cm³/mol. The van der Waals surface area contributed by atoms with Gasteiger partial charge in [0, 0.05) is 25.2 Å². The van der Waals surface area contributed by atoms with E-state index in [1.807, 2.05) is 17.9 Å². The van der Waals surface area contributed by atoms with Crippen LogP contribution >= 0.6 is 0 Å². The van der Waals surface area contributed by atoms with Crippen molar-refractivity contribution in [2.24, 2.45) is 0 Å². The fraction of sp³-hybridized carbons (Fsp3) is 0.438. The second kappa shape index (κ2) is 5.88. The van der Waals surface area contributed by atoms with Crippen LogP contribution in [0.25, 0.3) is 10.9 Å². The first kappa shape index (κ1) is 14.7. The molecule has 2 heterocycles. The van der Waals surface area contributed by atoms with Crippen LogP contribution in [-0.4, -0.2) is 45.5 Å². The normalized spacial score (nSPS) is 22.0. The highest BCUT2D eigenvalue weighted by Crippen LogP contribution is 2.09. The summed E-state index contributed by atoms with van der Waals surface area (Å²) in [6.07, 6.45) is 1.46. The van der Waals surface area contributed by atoms with Crippen molar-refractivity contribution in [2.45, 2.75) is 32.5 Å². The molecule has 0 saturated carbocycles. The van der Waals surface area contributed by atoms with E-state index in [0.717, 1.165) is 6.54 Å². The van der Waals surface area contributed by atoms with Gasteiger partial charge in [0.25, 0.3) is 5.56 Å². The summed E-state index contributed by atoms with van der Waals surface area (Å²) in [5.74, 6) is -0.0416. The molecular formula is C16H20N4O2. The number of amides is 1. The van der Waals surface area contributed by atoms with E-state index < -0.39 is 0 Å². The van der Waals surface area contributed by atoms with Crippen molar-refractivity contribution in [3.8, 4) is 0 Å². The Morgan fingerprint density at radius 3 is 2.95 bits per heavy atom. The van der Waals surface area contributed by atoms with Gasteiger partial charge in [0.2, 0.25) is 5.91 Å². The molecule has 1 aliphatic heterocycles. The van der Waals surface area contributed by atoms with Gasteiger partial charge in [-0.15, -0.1) is 0 Å². The highest BCUT2D eigenvalue weighted by atomic mass is 16.2. The average Bonchev–Trinajstić information content (AvgIpc) is 2.52. The van der Waals surface area contributed by atoms with Crippen molar-refractivity contribution in [2.75, 3.05) is 13.1 Å². The molecule has 2 unspecified atom stereocenters. The number of piperazine rings is 1. The third kappa shape index (κ3) is 2.74. The van der Waals surface area contributed by atoms with Crippen molar-refractivity contribution in [1.82, 2.24) is 19.8 Å². The molecule has 0 bridgehead atoms. The summed E-state index contributed by atoms with van der Waals surface area (Å²) in [7, 11) is 0. The third-order valence-corrected chi connectivity index (χ3v) is 4.12. The lowest BCUT2D eigenvalue weighted by Gasteiger charge is -2.37. The lowest BCUT2D eigenvalue weighted by Crippen LogP contribution is -2.57. The van der Waals surface area contributed by atoms with Gasteiger partial charge in [-0.25, -0.2) is 4.98 Å². The molecule has 0 aliphatic carbocycles. The maximum absolute atomic E-state index is 12.5. The SMILES string of the molecule is CC1CN(C(=O)Cn2cnc3ccccc3c2=O)C(C)CN1. The molecule has 116 valence electrons. The number of carbonyl (C=O) groups excluding carboxylic acids is 1. The topological polar surface area (TPSA) is 67.2 Å². The molecule has 1 aliphatic rings.